The van der Waals surface area contributed by atoms with Crippen LogP contribution in [0.15, 0.2) is 71.4 Å². The molecule has 6 nitrogen and oxygen atoms in total. The molecular formula is C16H18N4O2+2. The first-order valence-corrected chi connectivity index (χ1v) is 6.81. The predicted molar refractivity (Wildman–Crippen MR) is 81.2 cm³/mol. The average molecular weight is 298 g/mol. The van der Waals surface area contributed by atoms with Crippen molar-refractivity contribution in [3.05, 3.63) is 72.3 Å². The second-order valence-corrected chi connectivity index (χ2v) is 4.57. The van der Waals surface area contributed by atoms with E-state index in [1.165, 1.54) is 12.4 Å². The van der Waals surface area contributed by atoms with E-state index < -0.39 is 0 Å². The van der Waals surface area contributed by atoms with E-state index in [-0.39, 0.29) is 0 Å². The Morgan fingerprint density at radius 1 is 0.909 bits per heavy atom. The summed E-state index contributed by atoms with van der Waals surface area (Å²) in [6.07, 6.45) is 12.6. The Labute approximate surface area is 128 Å². The maximum atomic E-state index is 8.64. The summed E-state index contributed by atoms with van der Waals surface area (Å²) < 4.78 is 3.95. The highest BCUT2D eigenvalue weighted by Gasteiger charge is 2.05. The predicted octanol–water partition coefficient (Wildman–Crippen LogP) is 1.13. The lowest BCUT2D eigenvalue weighted by Gasteiger charge is -1.96. The lowest BCUT2D eigenvalue weighted by atomic mass is 10.3. The minimum Gasteiger partial charge on any atom is -0.411 e. The molecule has 22 heavy (non-hydrogen) atoms. The molecular weight excluding hydrogens is 280 g/mol. The molecule has 0 spiro atoms. The summed E-state index contributed by atoms with van der Waals surface area (Å²) in [6, 6.07) is 9.45. The minimum absolute atomic E-state index is 0.681. The summed E-state index contributed by atoms with van der Waals surface area (Å²) >= 11 is 0. The summed E-state index contributed by atoms with van der Waals surface area (Å²) in [5, 5.41) is 23.3. The van der Waals surface area contributed by atoms with Crippen molar-refractivity contribution in [2.75, 3.05) is 0 Å². The number of pyridine rings is 2. The number of oxime groups is 2. The fourth-order valence-electron chi connectivity index (χ4n) is 2.02. The largest absolute Gasteiger partial charge is 0.411 e. The van der Waals surface area contributed by atoms with Gasteiger partial charge in [0, 0.05) is 18.2 Å². The van der Waals surface area contributed by atoms with Gasteiger partial charge in [-0.1, -0.05) is 10.3 Å². The highest BCUT2D eigenvalue weighted by molar-refractivity contribution is 5.77. The van der Waals surface area contributed by atoms with Crippen LogP contribution in [0.25, 0.3) is 0 Å². The summed E-state index contributed by atoms with van der Waals surface area (Å²) in [7, 11) is 0. The number of aromatic nitrogens is 2. The molecule has 2 aromatic heterocycles. The molecule has 2 N–H and O–H groups in total. The van der Waals surface area contributed by atoms with Crippen LogP contribution in [0.4, 0.5) is 0 Å². The smallest absolute Gasteiger partial charge is 0.227 e. The molecule has 0 amide bonds. The lowest BCUT2D eigenvalue weighted by Crippen LogP contribution is -2.37. The molecule has 0 saturated heterocycles. The molecule has 0 radical (unpaired) electrons. The minimum atomic E-state index is 0.681. The maximum Gasteiger partial charge on any atom is 0.227 e. The van der Waals surface area contributed by atoms with Gasteiger partial charge in [-0.3, -0.25) is 0 Å². The van der Waals surface area contributed by atoms with Crippen LogP contribution >= 0.6 is 0 Å². The van der Waals surface area contributed by atoms with E-state index >= 15 is 0 Å². The summed E-state index contributed by atoms with van der Waals surface area (Å²) in [4.78, 5) is 0. The van der Waals surface area contributed by atoms with Crippen molar-refractivity contribution in [3.8, 4) is 0 Å². The van der Waals surface area contributed by atoms with Gasteiger partial charge in [0.1, 0.15) is 6.21 Å². The molecule has 0 aliphatic carbocycles. The van der Waals surface area contributed by atoms with Crippen molar-refractivity contribution in [2.45, 2.75) is 13.1 Å². The van der Waals surface area contributed by atoms with Crippen LogP contribution in [0.2, 0.25) is 0 Å². The zero-order valence-corrected chi connectivity index (χ0v) is 12.0. The number of rotatable bonds is 6. The van der Waals surface area contributed by atoms with Gasteiger partial charge in [-0.15, -0.1) is 0 Å². The second-order valence-electron chi connectivity index (χ2n) is 4.57. The third kappa shape index (κ3) is 4.52. The van der Waals surface area contributed by atoms with E-state index in [1.807, 2.05) is 70.2 Å². The van der Waals surface area contributed by atoms with Crippen molar-refractivity contribution < 1.29 is 19.5 Å². The van der Waals surface area contributed by atoms with Gasteiger partial charge >= 0.3 is 0 Å². The summed E-state index contributed by atoms with van der Waals surface area (Å²) in [6.45, 7) is 1.39. The average Bonchev–Trinajstić information content (AvgIpc) is 2.54. The van der Waals surface area contributed by atoms with Crippen LogP contribution in [-0.4, -0.2) is 22.8 Å². The van der Waals surface area contributed by atoms with Crippen molar-refractivity contribution in [3.63, 3.8) is 0 Å². The monoisotopic (exact) mass is 298 g/mol. The topological polar surface area (TPSA) is 72.9 Å². The number of hydrogen-bond donors (Lipinski definition) is 2. The molecule has 0 aliphatic heterocycles. The Balaban J connectivity index is 1.98. The van der Waals surface area contributed by atoms with E-state index in [0.29, 0.717) is 13.1 Å². The highest BCUT2D eigenvalue weighted by atomic mass is 16.4. The van der Waals surface area contributed by atoms with Crippen LogP contribution in [0, 0.1) is 0 Å². The molecule has 0 unspecified atom stereocenters. The molecule has 2 heterocycles. The standard InChI is InChI=1S/C16H16N4O2/c21-17-12-15-6-5-9-19(14-15)8-3-4-11-20-10-2-1-7-16(20)13-18-22/h1-7,9-10,12-14H,8,11H2/p+2/b4-3+,17-12+. The fraction of sp³-hybridized carbons (Fsp3) is 0.125. The van der Waals surface area contributed by atoms with Gasteiger partial charge in [0.25, 0.3) is 0 Å². The first kappa shape index (κ1) is 15.4. The molecule has 0 bridgehead atoms. The number of nitrogens with zero attached hydrogens (tertiary/aromatic N) is 4. The first-order valence-electron chi connectivity index (χ1n) is 6.81. The van der Waals surface area contributed by atoms with Crippen LogP contribution < -0.4 is 9.13 Å². The van der Waals surface area contributed by atoms with Gasteiger partial charge in [-0.05, 0) is 24.3 Å². The second kappa shape index (κ2) is 8.31. The molecule has 2 rings (SSSR count). The summed E-state index contributed by atoms with van der Waals surface area (Å²) in [5.41, 5.74) is 1.65. The Morgan fingerprint density at radius 2 is 1.73 bits per heavy atom. The Morgan fingerprint density at radius 3 is 2.55 bits per heavy atom. The highest BCUT2D eigenvalue weighted by Crippen LogP contribution is 1.91. The Hall–Kier alpha value is -3.02. The van der Waals surface area contributed by atoms with Crippen molar-refractivity contribution in [2.24, 2.45) is 10.3 Å². The molecule has 6 heteroatoms. The molecule has 2 aromatic rings. The number of hydrogen-bond acceptors (Lipinski definition) is 4. The molecule has 0 atom stereocenters. The SMILES string of the molecule is O/N=C/c1ccc[n+](C/C=C/C[n+]2ccccc2/C=N/O)c1. The van der Waals surface area contributed by atoms with E-state index in [1.54, 1.807) is 0 Å². The molecule has 0 saturated carbocycles. The quantitative estimate of drug-likeness (QED) is 0.276. The van der Waals surface area contributed by atoms with E-state index in [0.717, 1.165) is 11.3 Å². The summed E-state index contributed by atoms with van der Waals surface area (Å²) in [5.74, 6) is 0. The van der Waals surface area contributed by atoms with Gasteiger partial charge in [-0.25, -0.2) is 4.57 Å². The first-order chi connectivity index (χ1) is 10.8. The normalized spacial score (nSPS) is 11.8. The van der Waals surface area contributed by atoms with Crippen molar-refractivity contribution in [1.29, 1.82) is 0 Å². The Kier molecular flexibility index (Phi) is 5.80. The van der Waals surface area contributed by atoms with Crippen molar-refractivity contribution in [1.82, 2.24) is 0 Å². The van der Waals surface area contributed by atoms with Gasteiger partial charge < -0.3 is 10.4 Å². The van der Waals surface area contributed by atoms with Gasteiger partial charge in [-0.2, -0.15) is 4.57 Å². The number of allylic oxidation sites excluding steroid dienone is 2. The fourth-order valence-corrected chi connectivity index (χ4v) is 2.02. The third-order valence-electron chi connectivity index (χ3n) is 3.04. The van der Waals surface area contributed by atoms with Gasteiger partial charge in [0.15, 0.2) is 31.7 Å². The van der Waals surface area contributed by atoms with Gasteiger partial charge in [0.05, 0.1) is 11.8 Å². The third-order valence-corrected chi connectivity index (χ3v) is 3.04. The van der Waals surface area contributed by atoms with Crippen LogP contribution in [0.5, 0.6) is 0 Å². The van der Waals surface area contributed by atoms with E-state index in [9.17, 15) is 0 Å². The van der Waals surface area contributed by atoms with Gasteiger partial charge in [0.2, 0.25) is 5.69 Å². The van der Waals surface area contributed by atoms with E-state index in [4.69, 9.17) is 10.4 Å². The van der Waals surface area contributed by atoms with Crippen LogP contribution in [-0.2, 0) is 13.1 Å². The van der Waals surface area contributed by atoms with Crippen molar-refractivity contribution >= 4 is 12.4 Å². The zero-order valence-electron chi connectivity index (χ0n) is 12.0. The zero-order chi connectivity index (χ0) is 15.6. The molecule has 0 fully saturated rings. The molecule has 0 aromatic carbocycles. The van der Waals surface area contributed by atoms with E-state index in [2.05, 4.69) is 10.3 Å². The van der Waals surface area contributed by atoms with Crippen LogP contribution in [0.1, 0.15) is 11.3 Å². The Bertz CT molecular complexity index is 696. The maximum absolute atomic E-state index is 8.64. The molecule has 112 valence electrons. The van der Waals surface area contributed by atoms with Crippen LogP contribution in [0.3, 0.4) is 0 Å². The molecule has 0 aliphatic rings. The lowest BCUT2D eigenvalue weighted by molar-refractivity contribution is -0.691.